The monoisotopic (exact) mass is 470 g/mol. The highest BCUT2D eigenvalue weighted by Gasteiger charge is 2.46. The molecule has 176 valence electrons. The summed E-state index contributed by atoms with van der Waals surface area (Å²) in [7, 11) is 0. The Bertz CT molecular complexity index is 1420. The third-order valence-corrected chi connectivity index (χ3v) is 5.72. The fourth-order valence-corrected chi connectivity index (χ4v) is 4.03. The molecule has 1 atom stereocenters. The van der Waals surface area contributed by atoms with Gasteiger partial charge in [-0.2, -0.15) is 0 Å². The molecule has 2 aromatic heterocycles. The van der Waals surface area contributed by atoms with Crippen LogP contribution in [0.2, 0.25) is 0 Å². The van der Waals surface area contributed by atoms with Gasteiger partial charge in [-0.15, -0.1) is 0 Å². The smallest absolute Gasteiger partial charge is 0.295 e. The molecule has 0 aliphatic carbocycles. The predicted octanol–water partition coefficient (Wildman–Crippen LogP) is 5.25. The first-order valence-electron chi connectivity index (χ1n) is 11.0. The van der Waals surface area contributed by atoms with E-state index in [-0.39, 0.29) is 17.2 Å². The van der Waals surface area contributed by atoms with E-state index in [1.165, 1.54) is 11.0 Å². The highest BCUT2D eigenvalue weighted by Crippen LogP contribution is 2.42. The predicted molar refractivity (Wildman–Crippen MR) is 126 cm³/mol. The number of hydrogen-bond acceptors (Lipinski definition) is 7. The number of anilines is 1. The minimum Gasteiger partial charge on any atom is -0.503 e. The van der Waals surface area contributed by atoms with E-state index in [2.05, 4.69) is 5.16 Å². The number of nitrogens with zero attached hydrogens (tertiary/aromatic N) is 2. The lowest BCUT2D eigenvalue weighted by atomic mass is 9.95. The van der Waals surface area contributed by atoms with Gasteiger partial charge in [0, 0.05) is 6.07 Å². The first-order chi connectivity index (χ1) is 16.9. The quantitative estimate of drug-likeness (QED) is 0.368. The summed E-state index contributed by atoms with van der Waals surface area (Å²) in [4.78, 5) is 27.7. The summed E-state index contributed by atoms with van der Waals surface area (Å²) in [6, 6.07) is 20.6. The van der Waals surface area contributed by atoms with E-state index in [1.807, 2.05) is 30.3 Å². The molecule has 3 heterocycles. The van der Waals surface area contributed by atoms with Crippen molar-refractivity contribution < 1.29 is 28.4 Å². The zero-order valence-corrected chi connectivity index (χ0v) is 19.1. The van der Waals surface area contributed by atoms with E-state index in [0.29, 0.717) is 29.4 Å². The standard InChI is InChI=1S/C27H22N2O6/c1-16-8-13-21(34-16)25(30)23-24(29(27(32)26(23)31)22-14-17(2)35-28-22)19-9-11-20(12-10-19)33-15-18-6-4-3-5-7-18/h3-14,24,31H,15H2,1-2H3/t24-/m0/s1. The van der Waals surface area contributed by atoms with Crippen LogP contribution in [0.25, 0.3) is 0 Å². The Morgan fingerprint density at radius 2 is 1.77 bits per heavy atom. The molecule has 1 amide bonds. The van der Waals surface area contributed by atoms with E-state index in [1.54, 1.807) is 50.2 Å². The SMILES string of the molecule is Cc1cc(N2C(=O)C(O)=C(C(=O)c3ccc(C)o3)[C@@H]2c2ccc(OCc3ccccc3)cc2)no1. The molecule has 8 nitrogen and oxygen atoms in total. The second-order valence-corrected chi connectivity index (χ2v) is 8.22. The number of carbonyl (C=O) groups is 2. The second-order valence-electron chi connectivity index (χ2n) is 8.22. The van der Waals surface area contributed by atoms with Crippen LogP contribution in [0.3, 0.4) is 0 Å². The van der Waals surface area contributed by atoms with Crippen molar-refractivity contribution in [2.24, 2.45) is 0 Å². The van der Waals surface area contributed by atoms with Gasteiger partial charge in [0.25, 0.3) is 5.91 Å². The summed E-state index contributed by atoms with van der Waals surface area (Å²) < 4.78 is 16.5. The average molecular weight is 470 g/mol. The zero-order chi connectivity index (χ0) is 24.5. The Morgan fingerprint density at radius 1 is 1.03 bits per heavy atom. The normalized spacial score (nSPS) is 15.7. The number of furan rings is 1. The number of aryl methyl sites for hydroxylation is 2. The van der Waals surface area contributed by atoms with Crippen LogP contribution in [-0.2, 0) is 11.4 Å². The van der Waals surface area contributed by atoms with Crippen molar-refractivity contribution in [3.63, 3.8) is 0 Å². The fraction of sp³-hybridized carbons (Fsp3) is 0.148. The molecule has 0 fully saturated rings. The van der Waals surface area contributed by atoms with Gasteiger partial charge in [0.2, 0.25) is 5.78 Å². The Kier molecular flexibility index (Phi) is 5.70. The molecule has 1 N–H and O–H groups in total. The average Bonchev–Trinajstić information content (AvgIpc) is 3.56. The number of rotatable bonds is 7. The molecule has 0 saturated heterocycles. The van der Waals surface area contributed by atoms with E-state index < -0.39 is 23.5 Å². The van der Waals surface area contributed by atoms with E-state index in [0.717, 1.165) is 5.56 Å². The summed E-state index contributed by atoms with van der Waals surface area (Å²) in [5, 5.41) is 14.7. The molecule has 5 rings (SSSR count). The summed E-state index contributed by atoms with van der Waals surface area (Å²) in [6.07, 6.45) is 0. The maximum Gasteiger partial charge on any atom is 0.295 e. The maximum atomic E-state index is 13.3. The van der Waals surface area contributed by atoms with Gasteiger partial charge in [0.15, 0.2) is 17.3 Å². The van der Waals surface area contributed by atoms with Crippen molar-refractivity contribution in [1.29, 1.82) is 0 Å². The number of ether oxygens (including phenoxy) is 1. The van der Waals surface area contributed by atoms with Gasteiger partial charge in [-0.05, 0) is 49.2 Å². The molecule has 4 aromatic rings. The molecule has 1 aliphatic heterocycles. The van der Waals surface area contributed by atoms with Crippen molar-refractivity contribution in [2.75, 3.05) is 4.90 Å². The van der Waals surface area contributed by atoms with Crippen molar-refractivity contribution >= 4 is 17.5 Å². The summed E-state index contributed by atoms with van der Waals surface area (Å²) in [5.41, 5.74) is 1.52. The van der Waals surface area contributed by atoms with Gasteiger partial charge < -0.3 is 18.8 Å². The van der Waals surface area contributed by atoms with Crippen LogP contribution in [0.5, 0.6) is 5.75 Å². The minimum atomic E-state index is -0.937. The largest absolute Gasteiger partial charge is 0.503 e. The zero-order valence-electron chi connectivity index (χ0n) is 19.1. The molecule has 1 aliphatic rings. The number of carbonyl (C=O) groups excluding carboxylic acids is 2. The lowest BCUT2D eigenvalue weighted by Gasteiger charge is -2.24. The Morgan fingerprint density at radius 3 is 2.40 bits per heavy atom. The lowest BCUT2D eigenvalue weighted by molar-refractivity contribution is -0.117. The number of ketones is 1. The molecule has 0 unspecified atom stereocenters. The number of amides is 1. The van der Waals surface area contributed by atoms with Gasteiger partial charge in [0.1, 0.15) is 23.9 Å². The highest BCUT2D eigenvalue weighted by molar-refractivity contribution is 6.19. The molecule has 0 spiro atoms. The Balaban J connectivity index is 1.50. The van der Waals surface area contributed by atoms with Crippen LogP contribution in [0.1, 0.15) is 39.2 Å². The Hall–Kier alpha value is -4.59. The third kappa shape index (κ3) is 4.21. The number of Topliss-reactive ketones (excluding diaryl/α,β-unsaturated/α-hetero) is 1. The summed E-state index contributed by atoms with van der Waals surface area (Å²) >= 11 is 0. The van der Waals surface area contributed by atoms with Crippen molar-refractivity contribution in [1.82, 2.24) is 5.16 Å². The van der Waals surface area contributed by atoms with Gasteiger partial charge in [-0.25, -0.2) is 0 Å². The molecule has 35 heavy (non-hydrogen) atoms. The minimum absolute atomic E-state index is 0.0304. The number of hydrogen-bond donors (Lipinski definition) is 1. The van der Waals surface area contributed by atoms with Crippen molar-refractivity contribution in [2.45, 2.75) is 26.5 Å². The van der Waals surface area contributed by atoms with Crippen LogP contribution in [0.4, 0.5) is 5.82 Å². The van der Waals surface area contributed by atoms with Crippen LogP contribution in [0.15, 0.2) is 93.1 Å². The van der Waals surface area contributed by atoms with Crippen molar-refractivity contribution in [3.8, 4) is 5.75 Å². The first-order valence-corrected chi connectivity index (χ1v) is 11.0. The molecule has 0 saturated carbocycles. The topological polar surface area (TPSA) is 106 Å². The highest BCUT2D eigenvalue weighted by atomic mass is 16.5. The number of aliphatic hydroxyl groups excluding tert-OH is 1. The Labute approximate surface area is 201 Å². The van der Waals surface area contributed by atoms with E-state index in [4.69, 9.17) is 13.7 Å². The van der Waals surface area contributed by atoms with Gasteiger partial charge in [-0.3, -0.25) is 14.5 Å². The molecule has 2 aromatic carbocycles. The summed E-state index contributed by atoms with van der Waals surface area (Å²) in [5.74, 6) is -0.127. The van der Waals surface area contributed by atoms with Crippen molar-refractivity contribution in [3.05, 3.63) is 113 Å². The molecule has 8 heteroatoms. The number of aliphatic hydroxyl groups is 1. The van der Waals surface area contributed by atoms with Crippen LogP contribution in [0, 0.1) is 13.8 Å². The molecule has 0 bridgehead atoms. The van der Waals surface area contributed by atoms with Gasteiger partial charge >= 0.3 is 0 Å². The fourth-order valence-electron chi connectivity index (χ4n) is 4.03. The molecular weight excluding hydrogens is 448 g/mol. The molecular formula is C27H22N2O6. The van der Waals surface area contributed by atoms with Crippen LogP contribution < -0.4 is 9.64 Å². The van der Waals surface area contributed by atoms with Crippen LogP contribution in [-0.4, -0.2) is 22.0 Å². The van der Waals surface area contributed by atoms with Gasteiger partial charge in [0.05, 0.1) is 11.6 Å². The molecule has 0 radical (unpaired) electrons. The lowest BCUT2D eigenvalue weighted by Crippen LogP contribution is -2.31. The number of aromatic nitrogens is 1. The van der Waals surface area contributed by atoms with E-state index >= 15 is 0 Å². The number of benzene rings is 2. The third-order valence-electron chi connectivity index (χ3n) is 5.72. The second kappa shape index (κ2) is 8.98. The van der Waals surface area contributed by atoms with Crippen LogP contribution >= 0.6 is 0 Å². The maximum absolute atomic E-state index is 13.3. The summed E-state index contributed by atoms with van der Waals surface area (Å²) in [6.45, 7) is 3.80. The first kappa shape index (κ1) is 22.2. The van der Waals surface area contributed by atoms with E-state index in [9.17, 15) is 14.7 Å². The van der Waals surface area contributed by atoms with Gasteiger partial charge in [-0.1, -0.05) is 47.6 Å².